The second-order valence-corrected chi connectivity index (χ2v) is 7.17. The molecule has 0 atom stereocenters. The van der Waals surface area contributed by atoms with Crippen LogP contribution in [0.4, 0.5) is 5.69 Å². The zero-order valence-electron chi connectivity index (χ0n) is 14.2. The molecule has 128 valence electrons. The summed E-state index contributed by atoms with van der Waals surface area (Å²) in [6, 6.07) is 8.78. The van der Waals surface area contributed by atoms with Crippen molar-refractivity contribution in [2.45, 2.75) is 25.8 Å². The maximum Gasteiger partial charge on any atom is 0.0994 e. The van der Waals surface area contributed by atoms with Crippen molar-refractivity contribution in [3.8, 4) is 23.3 Å². The molecule has 3 aromatic rings. The van der Waals surface area contributed by atoms with Gasteiger partial charge in [0.25, 0.3) is 0 Å². The number of aromatic nitrogens is 2. The SMILES string of the molecule is Cc1cc2c(cc1C#N)c(-c1cncc(N)c1Cl)cn2C1CC(C#N)C1. The van der Waals surface area contributed by atoms with Crippen LogP contribution in [0.15, 0.2) is 30.7 Å². The molecule has 1 aromatic carbocycles. The molecule has 2 heterocycles. The summed E-state index contributed by atoms with van der Waals surface area (Å²) < 4.78 is 2.20. The molecule has 0 saturated heterocycles. The lowest BCUT2D eigenvalue weighted by Gasteiger charge is -2.32. The number of rotatable bonds is 2. The Hall–Kier alpha value is -3.02. The molecule has 4 rings (SSSR count). The zero-order valence-corrected chi connectivity index (χ0v) is 15.0. The predicted octanol–water partition coefficient (Wildman–Crippen LogP) is 4.59. The molecule has 0 unspecified atom stereocenters. The van der Waals surface area contributed by atoms with Crippen LogP contribution < -0.4 is 5.73 Å². The number of aryl methyl sites for hydroxylation is 1. The first-order valence-corrected chi connectivity index (χ1v) is 8.75. The maximum absolute atomic E-state index is 9.43. The molecule has 2 aromatic heterocycles. The number of hydrogen-bond acceptors (Lipinski definition) is 4. The Balaban J connectivity index is 1.97. The number of pyridine rings is 1. The van der Waals surface area contributed by atoms with Crippen LogP contribution in [0.3, 0.4) is 0 Å². The highest BCUT2D eigenvalue weighted by atomic mass is 35.5. The van der Waals surface area contributed by atoms with Crippen molar-refractivity contribution in [2.24, 2.45) is 5.92 Å². The van der Waals surface area contributed by atoms with Gasteiger partial charge in [-0.25, -0.2) is 0 Å². The van der Waals surface area contributed by atoms with E-state index in [0.29, 0.717) is 16.3 Å². The summed E-state index contributed by atoms with van der Waals surface area (Å²) in [5.41, 5.74) is 10.6. The van der Waals surface area contributed by atoms with Gasteiger partial charge in [-0.1, -0.05) is 11.6 Å². The number of anilines is 1. The molecule has 2 N–H and O–H groups in total. The fraction of sp³-hybridized carbons (Fsp3) is 0.250. The van der Waals surface area contributed by atoms with Crippen LogP contribution >= 0.6 is 11.6 Å². The fourth-order valence-electron chi connectivity index (χ4n) is 3.61. The van der Waals surface area contributed by atoms with E-state index in [9.17, 15) is 5.26 Å². The number of halogens is 1. The van der Waals surface area contributed by atoms with Crippen molar-refractivity contribution in [2.75, 3.05) is 5.73 Å². The molecule has 6 heteroatoms. The molecule has 1 fully saturated rings. The van der Waals surface area contributed by atoms with Crippen LogP contribution in [0.1, 0.15) is 30.0 Å². The normalized spacial score (nSPS) is 18.9. The Bertz CT molecular complexity index is 1110. The summed E-state index contributed by atoms with van der Waals surface area (Å²) >= 11 is 6.43. The standard InChI is InChI=1S/C20H16ClN5/c1-11-2-19-15(5-13(11)7-23)17(16-8-25-9-18(24)20(16)21)10-26(19)14-3-12(4-14)6-22/h2,5,8-10,12,14H,3-4,24H2,1H3. The highest BCUT2D eigenvalue weighted by molar-refractivity contribution is 6.36. The zero-order chi connectivity index (χ0) is 18.4. The van der Waals surface area contributed by atoms with Gasteiger partial charge in [-0.05, 0) is 37.5 Å². The van der Waals surface area contributed by atoms with E-state index in [1.54, 1.807) is 6.20 Å². The average Bonchev–Trinajstić information content (AvgIpc) is 2.94. The third-order valence-corrected chi connectivity index (χ3v) is 5.61. The fourth-order valence-corrected chi connectivity index (χ4v) is 3.81. The van der Waals surface area contributed by atoms with Gasteiger partial charge in [0, 0.05) is 40.5 Å². The van der Waals surface area contributed by atoms with Gasteiger partial charge in [-0.15, -0.1) is 0 Å². The monoisotopic (exact) mass is 361 g/mol. The molecule has 0 aliphatic heterocycles. The van der Waals surface area contributed by atoms with E-state index in [-0.39, 0.29) is 12.0 Å². The van der Waals surface area contributed by atoms with Crippen LogP contribution in [-0.2, 0) is 0 Å². The van der Waals surface area contributed by atoms with E-state index in [0.717, 1.165) is 40.4 Å². The van der Waals surface area contributed by atoms with Gasteiger partial charge in [0.2, 0.25) is 0 Å². The van der Waals surface area contributed by atoms with E-state index in [1.165, 1.54) is 6.20 Å². The van der Waals surface area contributed by atoms with Gasteiger partial charge >= 0.3 is 0 Å². The first-order valence-electron chi connectivity index (χ1n) is 8.37. The number of nitrogen functional groups attached to an aromatic ring is 1. The summed E-state index contributed by atoms with van der Waals surface area (Å²) in [6.07, 6.45) is 6.94. The molecular formula is C20H16ClN5. The number of nitriles is 2. The van der Waals surface area contributed by atoms with Crippen LogP contribution in [0.25, 0.3) is 22.0 Å². The molecule has 1 aliphatic rings. The Morgan fingerprint density at radius 1 is 1.23 bits per heavy atom. The number of fused-ring (bicyclic) bond motifs is 1. The highest BCUT2D eigenvalue weighted by Gasteiger charge is 2.32. The van der Waals surface area contributed by atoms with E-state index in [4.69, 9.17) is 22.6 Å². The van der Waals surface area contributed by atoms with Gasteiger partial charge < -0.3 is 10.3 Å². The number of benzene rings is 1. The van der Waals surface area contributed by atoms with Crippen molar-refractivity contribution in [1.29, 1.82) is 10.5 Å². The predicted molar refractivity (Wildman–Crippen MR) is 101 cm³/mol. The smallest absolute Gasteiger partial charge is 0.0994 e. The largest absolute Gasteiger partial charge is 0.396 e. The summed E-state index contributed by atoms with van der Waals surface area (Å²) in [5.74, 6) is 0.109. The lowest BCUT2D eigenvalue weighted by atomic mass is 9.81. The van der Waals surface area contributed by atoms with Gasteiger partial charge in [0.05, 0.1) is 40.5 Å². The van der Waals surface area contributed by atoms with E-state index < -0.39 is 0 Å². The molecule has 0 bridgehead atoms. The van der Waals surface area contributed by atoms with Crippen LogP contribution in [-0.4, -0.2) is 9.55 Å². The van der Waals surface area contributed by atoms with Crippen molar-refractivity contribution < 1.29 is 0 Å². The van der Waals surface area contributed by atoms with Crippen molar-refractivity contribution in [3.05, 3.63) is 46.9 Å². The molecule has 1 saturated carbocycles. The number of nitrogens with zero attached hydrogens (tertiary/aromatic N) is 4. The topological polar surface area (TPSA) is 91.4 Å². The third kappa shape index (κ3) is 2.41. The lowest BCUT2D eigenvalue weighted by Crippen LogP contribution is -2.25. The first-order chi connectivity index (χ1) is 12.5. The summed E-state index contributed by atoms with van der Waals surface area (Å²) in [5, 5.41) is 19.9. The second kappa shape index (κ2) is 6.05. The Morgan fingerprint density at radius 3 is 2.69 bits per heavy atom. The van der Waals surface area contributed by atoms with Crippen molar-refractivity contribution in [3.63, 3.8) is 0 Å². The summed E-state index contributed by atoms with van der Waals surface area (Å²) in [6.45, 7) is 1.93. The van der Waals surface area contributed by atoms with E-state index in [2.05, 4.69) is 21.7 Å². The van der Waals surface area contributed by atoms with Crippen LogP contribution in [0, 0.1) is 35.5 Å². The Labute approximate surface area is 156 Å². The molecule has 0 radical (unpaired) electrons. The first kappa shape index (κ1) is 16.4. The molecular weight excluding hydrogens is 346 g/mol. The molecule has 0 spiro atoms. The molecule has 1 aliphatic carbocycles. The Kier molecular flexibility index (Phi) is 3.83. The lowest BCUT2D eigenvalue weighted by molar-refractivity contribution is 0.254. The third-order valence-electron chi connectivity index (χ3n) is 5.19. The van der Waals surface area contributed by atoms with E-state index >= 15 is 0 Å². The number of nitrogens with two attached hydrogens (primary N) is 1. The van der Waals surface area contributed by atoms with Gasteiger partial charge in [-0.3, -0.25) is 4.98 Å². The molecule has 5 nitrogen and oxygen atoms in total. The van der Waals surface area contributed by atoms with Gasteiger partial charge in [-0.2, -0.15) is 10.5 Å². The minimum Gasteiger partial charge on any atom is -0.396 e. The molecule has 26 heavy (non-hydrogen) atoms. The molecule has 0 amide bonds. The van der Waals surface area contributed by atoms with E-state index in [1.807, 2.05) is 25.3 Å². The van der Waals surface area contributed by atoms with Gasteiger partial charge in [0.15, 0.2) is 0 Å². The van der Waals surface area contributed by atoms with Crippen LogP contribution in [0.5, 0.6) is 0 Å². The highest BCUT2D eigenvalue weighted by Crippen LogP contribution is 2.44. The quantitative estimate of drug-likeness (QED) is 0.722. The van der Waals surface area contributed by atoms with Crippen LogP contribution in [0.2, 0.25) is 5.02 Å². The summed E-state index contributed by atoms with van der Waals surface area (Å²) in [7, 11) is 0. The minimum atomic E-state index is 0.109. The maximum atomic E-state index is 9.43. The van der Waals surface area contributed by atoms with Crippen molar-refractivity contribution >= 4 is 28.2 Å². The van der Waals surface area contributed by atoms with Crippen molar-refractivity contribution in [1.82, 2.24) is 9.55 Å². The Morgan fingerprint density at radius 2 is 2.00 bits per heavy atom. The van der Waals surface area contributed by atoms with Gasteiger partial charge in [0.1, 0.15) is 0 Å². The second-order valence-electron chi connectivity index (χ2n) is 6.79. The summed E-state index contributed by atoms with van der Waals surface area (Å²) in [4.78, 5) is 4.18. The minimum absolute atomic E-state index is 0.109. The average molecular weight is 362 g/mol. The number of hydrogen-bond donors (Lipinski definition) is 1.